The van der Waals surface area contributed by atoms with Gasteiger partial charge in [0.25, 0.3) is 0 Å². The lowest BCUT2D eigenvalue weighted by Gasteiger charge is -2.22. The number of aromatic hydroxyl groups is 1. The molecule has 0 radical (unpaired) electrons. The van der Waals surface area contributed by atoms with Crippen molar-refractivity contribution in [2.75, 3.05) is 12.8 Å². The van der Waals surface area contributed by atoms with Gasteiger partial charge in [-0.25, -0.2) is 8.42 Å². The second-order valence-electron chi connectivity index (χ2n) is 7.56. The first kappa shape index (κ1) is 23.8. The molecule has 0 aliphatic rings. The molecule has 7 heteroatoms. The van der Waals surface area contributed by atoms with Gasteiger partial charge in [-0.15, -0.1) is 12.4 Å². The van der Waals surface area contributed by atoms with Crippen molar-refractivity contribution in [2.24, 2.45) is 0 Å². The lowest BCUT2D eigenvalue weighted by Crippen LogP contribution is -2.19. The van der Waals surface area contributed by atoms with Gasteiger partial charge >= 0.3 is 0 Å². The highest BCUT2D eigenvalue weighted by Gasteiger charge is 2.22. The van der Waals surface area contributed by atoms with Crippen molar-refractivity contribution in [3.8, 4) is 5.75 Å². The Bertz CT molecular complexity index is 873. The zero-order valence-electron chi connectivity index (χ0n) is 16.0. The van der Waals surface area contributed by atoms with Crippen LogP contribution in [-0.2, 0) is 28.2 Å². The molecule has 0 atom stereocenters. The minimum atomic E-state index is -3.51. The average Bonchev–Trinajstić information content (AvgIpc) is 2.52. The Kier molecular flexibility index (Phi) is 8.17. The number of phenolic OH excluding ortho intramolecular Hbond substituents is 1. The molecule has 0 aromatic heterocycles. The van der Waals surface area contributed by atoms with Crippen molar-refractivity contribution in [1.29, 1.82) is 0 Å². The maximum atomic E-state index is 12.0. The Balaban J connectivity index is 0.00000364. The standard InChI is InChI=1S/C20H26ClNO3S.ClH/c1-20(2,3)16-11-15(19(23)18(12-16)26(4,24)25)13-22-10-9-14-5-7-17(21)8-6-14;/h5-8,11-12,22-23H,9-10,13H2,1-4H3;1H. The Labute approximate surface area is 173 Å². The molecule has 0 spiro atoms. The van der Waals surface area contributed by atoms with E-state index in [2.05, 4.69) is 5.32 Å². The monoisotopic (exact) mass is 431 g/mol. The fourth-order valence-electron chi connectivity index (χ4n) is 2.62. The Morgan fingerprint density at radius 3 is 2.22 bits per heavy atom. The quantitative estimate of drug-likeness (QED) is 0.660. The molecule has 150 valence electrons. The predicted molar refractivity (Wildman–Crippen MR) is 114 cm³/mol. The van der Waals surface area contributed by atoms with Crippen LogP contribution in [0.3, 0.4) is 0 Å². The zero-order chi connectivity index (χ0) is 19.5. The van der Waals surface area contributed by atoms with Gasteiger partial charge in [0.1, 0.15) is 10.6 Å². The van der Waals surface area contributed by atoms with Gasteiger partial charge in [0.15, 0.2) is 9.84 Å². The average molecular weight is 432 g/mol. The molecule has 0 unspecified atom stereocenters. The second kappa shape index (κ2) is 9.28. The summed E-state index contributed by atoms with van der Waals surface area (Å²) in [6.45, 7) is 7.15. The van der Waals surface area contributed by atoms with E-state index in [0.29, 0.717) is 23.7 Å². The number of hydrogen-bond donors (Lipinski definition) is 2. The third-order valence-electron chi connectivity index (χ3n) is 4.24. The molecule has 0 bridgehead atoms. The summed E-state index contributed by atoms with van der Waals surface area (Å²) in [6.07, 6.45) is 1.93. The van der Waals surface area contributed by atoms with Crippen LogP contribution in [0.25, 0.3) is 0 Å². The van der Waals surface area contributed by atoms with E-state index in [1.54, 1.807) is 6.07 Å². The highest BCUT2D eigenvalue weighted by Crippen LogP contribution is 2.33. The fraction of sp³-hybridized carbons (Fsp3) is 0.400. The van der Waals surface area contributed by atoms with Crippen LogP contribution in [0.5, 0.6) is 5.75 Å². The van der Waals surface area contributed by atoms with Gasteiger partial charge in [-0.05, 0) is 47.7 Å². The molecule has 4 nitrogen and oxygen atoms in total. The van der Waals surface area contributed by atoms with Crippen molar-refractivity contribution in [1.82, 2.24) is 5.32 Å². The molecule has 2 aromatic rings. The fourth-order valence-corrected chi connectivity index (χ4v) is 3.57. The number of hydrogen-bond acceptors (Lipinski definition) is 4. The molecule has 0 heterocycles. The smallest absolute Gasteiger partial charge is 0.179 e. The van der Waals surface area contributed by atoms with Crippen LogP contribution in [-0.4, -0.2) is 26.3 Å². The van der Waals surface area contributed by atoms with Crippen LogP contribution in [0, 0.1) is 0 Å². The van der Waals surface area contributed by atoms with Crippen molar-refractivity contribution in [3.63, 3.8) is 0 Å². The summed E-state index contributed by atoms with van der Waals surface area (Å²) in [5, 5.41) is 14.4. The highest BCUT2D eigenvalue weighted by atomic mass is 35.5. The molecule has 0 amide bonds. The number of nitrogens with one attached hydrogen (secondary N) is 1. The van der Waals surface area contributed by atoms with Crippen LogP contribution in [0.1, 0.15) is 37.5 Å². The number of sulfone groups is 1. The van der Waals surface area contributed by atoms with E-state index in [4.69, 9.17) is 11.6 Å². The molecule has 2 aromatic carbocycles. The van der Waals surface area contributed by atoms with Gasteiger partial charge in [0.2, 0.25) is 0 Å². The van der Waals surface area contributed by atoms with E-state index in [1.165, 1.54) is 0 Å². The first-order chi connectivity index (χ1) is 12.0. The number of phenols is 1. The SMILES string of the molecule is CC(C)(C)c1cc(CNCCc2ccc(Cl)cc2)c(O)c(S(C)(=O)=O)c1.Cl. The third kappa shape index (κ3) is 6.68. The normalized spacial score (nSPS) is 11.9. The molecule has 0 aliphatic heterocycles. The maximum Gasteiger partial charge on any atom is 0.179 e. The van der Waals surface area contributed by atoms with Gasteiger partial charge < -0.3 is 10.4 Å². The molecule has 27 heavy (non-hydrogen) atoms. The summed E-state index contributed by atoms with van der Waals surface area (Å²) in [5.74, 6) is -0.167. The van der Waals surface area contributed by atoms with Gasteiger partial charge in [0, 0.05) is 23.4 Å². The summed E-state index contributed by atoms with van der Waals surface area (Å²) < 4.78 is 24.1. The van der Waals surface area contributed by atoms with E-state index in [1.807, 2.05) is 51.1 Å². The first-order valence-electron chi connectivity index (χ1n) is 8.50. The summed E-state index contributed by atoms with van der Waals surface area (Å²) in [4.78, 5) is -0.0144. The van der Waals surface area contributed by atoms with Crippen molar-refractivity contribution < 1.29 is 13.5 Å². The van der Waals surface area contributed by atoms with Gasteiger partial charge in [-0.3, -0.25) is 0 Å². The molecule has 2 N–H and O–H groups in total. The first-order valence-corrected chi connectivity index (χ1v) is 10.8. The van der Waals surface area contributed by atoms with E-state index >= 15 is 0 Å². The summed E-state index contributed by atoms with van der Waals surface area (Å²) in [5.41, 5.74) is 2.41. The van der Waals surface area contributed by atoms with E-state index in [-0.39, 0.29) is 28.5 Å². The Morgan fingerprint density at radius 1 is 1.11 bits per heavy atom. The van der Waals surface area contributed by atoms with Crippen LogP contribution in [0.4, 0.5) is 0 Å². The third-order valence-corrected chi connectivity index (χ3v) is 5.60. The van der Waals surface area contributed by atoms with Crippen LogP contribution in [0.15, 0.2) is 41.3 Å². The van der Waals surface area contributed by atoms with Crippen LogP contribution >= 0.6 is 24.0 Å². The van der Waals surface area contributed by atoms with Crippen LogP contribution in [0.2, 0.25) is 5.02 Å². The molecule has 0 saturated carbocycles. The summed E-state index contributed by atoms with van der Waals surface area (Å²) in [7, 11) is -3.51. The summed E-state index contributed by atoms with van der Waals surface area (Å²) in [6, 6.07) is 11.1. The van der Waals surface area contributed by atoms with E-state index < -0.39 is 9.84 Å². The van der Waals surface area contributed by atoms with Gasteiger partial charge in [-0.2, -0.15) is 0 Å². The van der Waals surface area contributed by atoms with Gasteiger partial charge in [0.05, 0.1) is 0 Å². The van der Waals surface area contributed by atoms with Crippen molar-refractivity contribution >= 4 is 33.8 Å². The second-order valence-corrected chi connectivity index (χ2v) is 9.98. The van der Waals surface area contributed by atoms with E-state index in [9.17, 15) is 13.5 Å². The Morgan fingerprint density at radius 2 is 1.70 bits per heavy atom. The predicted octanol–water partition coefficient (Wildman–Crippen LogP) is 4.50. The Hall–Kier alpha value is -1.27. The molecule has 0 fully saturated rings. The van der Waals surface area contributed by atoms with Crippen molar-refractivity contribution in [2.45, 2.75) is 44.0 Å². The largest absolute Gasteiger partial charge is 0.506 e. The number of benzene rings is 2. The molecule has 0 saturated heterocycles. The minimum Gasteiger partial charge on any atom is -0.506 e. The molecular weight excluding hydrogens is 405 g/mol. The lowest BCUT2D eigenvalue weighted by molar-refractivity contribution is 0.446. The maximum absolute atomic E-state index is 12.0. The number of halogens is 2. The molecule has 2 rings (SSSR count). The minimum absolute atomic E-state index is 0. The van der Waals surface area contributed by atoms with Gasteiger partial charge in [-0.1, -0.05) is 50.6 Å². The summed E-state index contributed by atoms with van der Waals surface area (Å²) >= 11 is 5.88. The highest BCUT2D eigenvalue weighted by molar-refractivity contribution is 7.90. The number of rotatable bonds is 6. The van der Waals surface area contributed by atoms with Crippen LogP contribution < -0.4 is 5.32 Å². The zero-order valence-corrected chi connectivity index (χ0v) is 18.4. The lowest BCUT2D eigenvalue weighted by atomic mass is 9.86. The van der Waals surface area contributed by atoms with E-state index in [0.717, 1.165) is 23.8 Å². The topological polar surface area (TPSA) is 66.4 Å². The molecule has 0 aliphatic carbocycles. The van der Waals surface area contributed by atoms with Crippen molar-refractivity contribution in [3.05, 3.63) is 58.1 Å². The molecular formula is C20H27Cl2NO3S.